The Hall–Kier alpha value is -2.04. The maximum absolute atomic E-state index is 12.3. The van der Waals surface area contributed by atoms with Crippen LogP contribution in [0.15, 0.2) is 41.5 Å². The van der Waals surface area contributed by atoms with Gasteiger partial charge < -0.3 is 15.4 Å². The number of rotatable bonds is 7. The molecule has 0 unspecified atom stereocenters. The molecule has 0 bridgehead atoms. The van der Waals surface area contributed by atoms with E-state index in [2.05, 4.69) is 20.6 Å². The lowest BCUT2D eigenvalue weighted by atomic mass is 10.1. The number of guanidine groups is 1. The largest absolute Gasteiger partial charge is 0.439 e. The van der Waals surface area contributed by atoms with Crippen LogP contribution in [0.2, 0.25) is 0 Å². The number of nitrogens with zero attached hydrogens (tertiary/aromatic N) is 2. The first kappa shape index (κ1) is 25.0. The number of aromatic nitrogens is 1. The Morgan fingerprint density at radius 2 is 1.86 bits per heavy atom. The summed E-state index contributed by atoms with van der Waals surface area (Å²) in [6.07, 6.45) is -3.50. The molecule has 0 spiro atoms. The molecule has 1 aromatic heterocycles. The Morgan fingerprint density at radius 3 is 2.52 bits per heavy atom. The third kappa shape index (κ3) is 9.33. The average molecular weight is 522 g/mol. The van der Waals surface area contributed by atoms with E-state index in [1.807, 2.05) is 39.0 Å². The summed E-state index contributed by atoms with van der Waals surface area (Å²) in [5.74, 6) is 1.46. The fourth-order valence-corrected chi connectivity index (χ4v) is 2.34. The Bertz CT molecular complexity index is 813. The van der Waals surface area contributed by atoms with Gasteiger partial charge in [0.15, 0.2) is 5.96 Å². The number of hydrogen-bond donors (Lipinski definition) is 2. The Labute approximate surface area is 186 Å². The van der Waals surface area contributed by atoms with Gasteiger partial charge in [0.1, 0.15) is 5.75 Å². The van der Waals surface area contributed by atoms with Gasteiger partial charge in [0.05, 0.1) is 13.0 Å². The van der Waals surface area contributed by atoms with E-state index in [1.54, 1.807) is 18.3 Å². The van der Waals surface area contributed by atoms with E-state index >= 15 is 0 Å². The summed E-state index contributed by atoms with van der Waals surface area (Å²) in [7, 11) is 0. The van der Waals surface area contributed by atoms with E-state index in [0.717, 1.165) is 11.1 Å². The summed E-state index contributed by atoms with van der Waals surface area (Å²) in [6, 6.07) is 9.35. The van der Waals surface area contributed by atoms with Gasteiger partial charge in [0, 0.05) is 25.4 Å². The van der Waals surface area contributed by atoms with E-state index < -0.39 is 12.6 Å². The van der Waals surface area contributed by atoms with Crippen molar-refractivity contribution in [2.45, 2.75) is 39.9 Å². The molecule has 0 saturated heterocycles. The number of halogens is 4. The van der Waals surface area contributed by atoms with Crippen LogP contribution in [-0.4, -0.2) is 30.2 Å². The topological polar surface area (TPSA) is 58.5 Å². The van der Waals surface area contributed by atoms with Crippen LogP contribution in [0.5, 0.6) is 11.6 Å². The summed E-state index contributed by atoms with van der Waals surface area (Å²) in [5.41, 5.74) is 3.14. The summed E-state index contributed by atoms with van der Waals surface area (Å²) < 4.78 is 42.7. The molecule has 1 heterocycles. The second-order valence-electron chi connectivity index (χ2n) is 6.34. The molecule has 0 aliphatic carbocycles. The Kier molecular flexibility index (Phi) is 10.2. The van der Waals surface area contributed by atoms with Crippen molar-refractivity contribution < 1.29 is 17.9 Å². The smallest absolute Gasteiger partial charge is 0.390 e. The summed E-state index contributed by atoms with van der Waals surface area (Å²) in [5, 5.41) is 5.62. The lowest BCUT2D eigenvalue weighted by Crippen LogP contribution is -2.38. The zero-order valence-corrected chi connectivity index (χ0v) is 19.0. The van der Waals surface area contributed by atoms with Crippen molar-refractivity contribution >= 4 is 29.9 Å². The fraction of sp³-hybridized carbons (Fsp3) is 0.400. The molecule has 1 aromatic carbocycles. The number of nitrogens with one attached hydrogen (secondary N) is 2. The highest BCUT2D eigenvalue weighted by atomic mass is 127. The second-order valence-corrected chi connectivity index (χ2v) is 6.34. The minimum atomic E-state index is -4.20. The Morgan fingerprint density at radius 1 is 1.10 bits per heavy atom. The van der Waals surface area contributed by atoms with Crippen LogP contribution in [-0.2, 0) is 6.54 Å². The van der Waals surface area contributed by atoms with Crippen molar-refractivity contribution in [1.29, 1.82) is 0 Å². The molecular formula is C20H26F3IN4O. The summed E-state index contributed by atoms with van der Waals surface area (Å²) in [4.78, 5) is 8.52. The molecular weight excluding hydrogens is 496 g/mol. The van der Waals surface area contributed by atoms with Crippen LogP contribution in [0.1, 0.15) is 30.0 Å². The first-order chi connectivity index (χ1) is 13.3. The molecule has 0 atom stereocenters. The molecule has 5 nitrogen and oxygen atoms in total. The Balaban J connectivity index is 0.00000420. The van der Waals surface area contributed by atoms with Crippen LogP contribution in [0.25, 0.3) is 0 Å². The van der Waals surface area contributed by atoms with Crippen molar-refractivity contribution in [3.8, 4) is 11.6 Å². The maximum Gasteiger partial charge on any atom is 0.390 e. The van der Waals surface area contributed by atoms with Crippen LogP contribution in [0.3, 0.4) is 0 Å². The van der Waals surface area contributed by atoms with E-state index in [0.29, 0.717) is 24.1 Å². The zero-order chi connectivity index (χ0) is 20.6. The van der Waals surface area contributed by atoms with Gasteiger partial charge in [-0.05, 0) is 55.7 Å². The highest BCUT2D eigenvalue weighted by molar-refractivity contribution is 14.0. The van der Waals surface area contributed by atoms with Crippen LogP contribution < -0.4 is 15.4 Å². The van der Waals surface area contributed by atoms with Crippen LogP contribution in [0, 0.1) is 13.8 Å². The van der Waals surface area contributed by atoms with Crippen LogP contribution >= 0.6 is 24.0 Å². The maximum atomic E-state index is 12.3. The predicted octanol–water partition coefficient (Wildman–Crippen LogP) is 5.12. The molecule has 2 rings (SSSR count). The monoisotopic (exact) mass is 522 g/mol. The van der Waals surface area contributed by atoms with Gasteiger partial charge in [-0.2, -0.15) is 13.2 Å². The van der Waals surface area contributed by atoms with E-state index in [1.165, 1.54) is 5.56 Å². The van der Waals surface area contributed by atoms with Gasteiger partial charge in [-0.25, -0.2) is 9.98 Å². The SMILES string of the molecule is CCNC(=NCc1ccnc(Oc2ccc(C)c(C)c2)c1)NCCC(F)(F)F.I. The summed E-state index contributed by atoms with van der Waals surface area (Å²) in [6.45, 7) is 6.49. The molecule has 9 heteroatoms. The number of hydrogen-bond acceptors (Lipinski definition) is 3. The molecule has 0 aliphatic rings. The van der Waals surface area contributed by atoms with Crippen molar-refractivity contribution in [2.75, 3.05) is 13.1 Å². The molecule has 2 N–H and O–H groups in total. The van der Waals surface area contributed by atoms with Gasteiger partial charge in [0.2, 0.25) is 5.88 Å². The highest BCUT2D eigenvalue weighted by Gasteiger charge is 2.26. The van der Waals surface area contributed by atoms with Gasteiger partial charge in [-0.3, -0.25) is 0 Å². The number of ether oxygens (including phenoxy) is 1. The second kappa shape index (κ2) is 11.8. The molecule has 160 valence electrons. The van der Waals surface area contributed by atoms with Crippen LogP contribution in [0.4, 0.5) is 13.2 Å². The minimum Gasteiger partial charge on any atom is -0.439 e. The quantitative estimate of drug-likeness (QED) is 0.301. The van der Waals surface area contributed by atoms with E-state index in [4.69, 9.17) is 4.74 Å². The van der Waals surface area contributed by atoms with E-state index in [-0.39, 0.29) is 37.1 Å². The number of pyridine rings is 1. The van der Waals surface area contributed by atoms with E-state index in [9.17, 15) is 13.2 Å². The molecule has 0 amide bonds. The molecule has 0 aliphatic heterocycles. The number of aliphatic imine (C=N–C) groups is 1. The zero-order valence-electron chi connectivity index (χ0n) is 16.6. The van der Waals surface area contributed by atoms with Crippen molar-refractivity contribution in [3.63, 3.8) is 0 Å². The average Bonchev–Trinajstić information content (AvgIpc) is 2.62. The minimum absolute atomic E-state index is 0. The van der Waals surface area contributed by atoms with Gasteiger partial charge >= 0.3 is 6.18 Å². The lowest BCUT2D eigenvalue weighted by Gasteiger charge is -2.12. The standard InChI is InChI=1S/C20H25F3N4O.HI/c1-4-24-19(26-10-8-20(21,22)23)27-13-16-7-9-25-18(12-16)28-17-6-5-14(2)15(3)11-17;/h5-7,9,11-12H,4,8,10,13H2,1-3H3,(H2,24,26,27);1H. The van der Waals surface area contributed by atoms with Gasteiger partial charge in [-0.15, -0.1) is 24.0 Å². The lowest BCUT2D eigenvalue weighted by molar-refractivity contribution is -0.132. The fourth-order valence-electron chi connectivity index (χ4n) is 2.34. The third-order valence-corrected chi connectivity index (χ3v) is 3.96. The van der Waals surface area contributed by atoms with Gasteiger partial charge in [0.25, 0.3) is 0 Å². The molecule has 0 saturated carbocycles. The van der Waals surface area contributed by atoms with Crippen molar-refractivity contribution in [1.82, 2.24) is 15.6 Å². The number of alkyl halides is 3. The van der Waals surface area contributed by atoms with Gasteiger partial charge in [-0.1, -0.05) is 6.07 Å². The first-order valence-electron chi connectivity index (χ1n) is 9.06. The molecule has 29 heavy (non-hydrogen) atoms. The first-order valence-corrected chi connectivity index (χ1v) is 9.06. The normalized spacial score (nSPS) is 11.6. The molecule has 0 fully saturated rings. The molecule has 2 aromatic rings. The van der Waals surface area contributed by atoms with Crippen molar-refractivity contribution in [3.05, 3.63) is 53.2 Å². The predicted molar refractivity (Wildman–Crippen MR) is 119 cm³/mol. The highest BCUT2D eigenvalue weighted by Crippen LogP contribution is 2.23. The molecule has 0 radical (unpaired) electrons. The number of aryl methyl sites for hydroxylation is 2. The van der Waals surface area contributed by atoms with Crippen molar-refractivity contribution in [2.24, 2.45) is 4.99 Å². The third-order valence-electron chi connectivity index (χ3n) is 3.96. The number of benzene rings is 1. The summed E-state index contributed by atoms with van der Waals surface area (Å²) >= 11 is 0.